The van der Waals surface area contributed by atoms with Crippen molar-refractivity contribution in [1.82, 2.24) is 0 Å². The standard InChI is InChI=1S/C27H46O18S3/c1-12(13(41-8-19(34)35)9-46-5-2-16(28)29)42-26-24(40)22(38)25(15(44-26)11-48-7-4-18(32)33)45-27-23(39)21(37)20(36)14(43-27)10-47-6-3-17(30)31/h12-15,19-27,34-40H,2-11H2,1H3,(H,28,29)(H,30,31)(H,32,33)/t12-,13?,14?,15?,20+,21?,22+,23-,24?,25+,26-,27+/m0/s1. The normalized spacial score (nSPS) is 32.2. The highest BCUT2D eigenvalue weighted by Gasteiger charge is 2.51. The molecule has 0 aromatic rings. The van der Waals surface area contributed by atoms with Gasteiger partial charge in [0.05, 0.1) is 50.3 Å². The lowest BCUT2D eigenvalue weighted by atomic mass is 9.97. The van der Waals surface area contributed by atoms with Gasteiger partial charge in [0.15, 0.2) is 18.9 Å². The minimum Gasteiger partial charge on any atom is -0.481 e. The summed E-state index contributed by atoms with van der Waals surface area (Å²) >= 11 is 3.44. The van der Waals surface area contributed by atoms with E-state index in [1.54, 1.807) is 0 Å². The molecule has 0 amide bonds. The van der Waals surface area contributed by atoms with Gasteiger partial charge in [0.1, 0.15) is 36.6 Å². The van der Waals surface area contributed by atoms with Crippen LogP contribution in [0, 0.1) is 0 Å². The molecule has 21 heteroatoms. The van der Waals surface area contributed by atoms with Gasteiger partial charge in [-0.15, -0.1) is 0 Å². The second kappa shape index (κ2) is 22.0. The van der Waals surface area contributed by atoms with Crippen LogP contribution in [0.2, 0.25) is 0 Å². The molecule has 48 heavy (non-hydrogen) atoms. The Morgan fingerprint density at radius 2 is 1.19 bits per heavy atom. The molecule has 10 N–H and O–H groups in total. The molecule has 0 aromatic heterocycles. The zero-order valence-corrected chi connectivity index (χ0v) is 28.5. The zero-order chi connectivity index (χ0) is 36.0. The Labute approximate surface area is 289 Å². The van der Waals surface area contributed by atoms with E-state index in [-0.39, 0.29) is 53.8 Å². The zero-order valence-electron chi connectivity index (χ0n) is 26.0. The van der Waals surface area contributed by atoms with Crippen molar-refractivity contribution in [2.75, 3.05) is 41.1 Å². The van der Waals surface area contributed by atoms with Crippen molar-refractivity contribution in [2.24, 2.45) is 0 Å². The van der Waals surface area contributed by atoms with Gasteiger partial charge in [-0.1, -0.05) is 0 Å². The predicted molar refractivity (Wildman–Crippen MR) is 169 cm³/mol. The van der Waals surface area contributed by atoms with E-state index in [2.05, 4.69) is 0 Å². The van der Waals surface area contributed by atoms with Gasteiger partial charge in [-0.2, -0.15) is 35.3 Å². The highest BCUT2D eigenvalue weighted by atomic mass is 32.2. The van der Waals surface area contributed by atoms with Crippen LogP contribution < -0.4 is 0 Å². The summed E-state index contributed by atoms with van der Waals surface area (Å²) in [5, 5.41) is 99.1. The van der Waals surface area contributed by atoms with Crippen molar-refractivity contribution in [2.45, 2.75) is 106 Å². The van der Waals surface area contributed by atoms with Crippen molar-refractivity contribution in [1.29, 1.82) is 0 Å². The van der Waals surface area contributed by atoms with Gasteiger partial charge < -0.3 is 74.7 Å². The van der Waals surface area contributed by atoms with Gasteiger partial charge in [-0.25, -0.2) is 0 Å². The van der Waals surface area contributed by atoms with Crippen molar-refractivity contribution in [3.05, 3.63) is 0 Å². The number of aliphatic carboxylic acids is 3. The van der Waals surface area contributed by atoms with Crippen molar-refractivity contribution in [3.8, 4) is 0 Å². The average Bonchev–Trinajstić information content (AvgIpc) is 3.01. The number of carbonyl (C=O) groups is 3. The van der Waals surface area contributed by atoms with Crippen LogP contribution in [0.3, 0.4) is 0 Å². The second-order valence-electron chi connectivity index (χ2n) is 11.0. The molecule has 5 unspecified atom stereocenters. The van der Waals surface area contributed by atoms with Gasteiger partial charge in [-0.3, -0.25) is 14.4 Å². The molecule has 0 aromatic carbocycles. The molecule has 12 atom stereocenters. The van der Waals surface area contributed by atoms with Crippen molar-refractivity contribution in [3.63, 3.8) is 0 Å². The van der Waals surface area contributed by atoms with Gasteiger partial charge in [0.25, 0.3) is 0 Å². The maximum absolute atomic E-state index is 11.2. The molecule has 0 aliphatic carbocycles. The summed E-state index contributed by atoms with van der Waals surface area (Å²) in [7, 11) is 0. The minimum absolute atomic E-state index is 0.000103. The maximum Gasteiger partial charge on any atom is 0.304 e. The number of aliphatic hydroxyl groups is 7. The molecule has 2 aliphatic rings. The van der Waals surface area contributed by atoms with Crippen LogP contribution in [-0.4, -0.2) is 190 Å². The third-order valence-electron chi connectivity index (χ3n) is 7.16. The number of aliphatic hydroxyl groups excluding tert-OH is 6. The van der Waals surface area contributed by atoms with Gasteiger partial charge in [0.2, 0.25) is 0 Å². The first kappa shape index (κ1) is 43.1. The molecular weight excluding hydrogens is 708 g/mol. The lowest BCUT2D eigenvalue weighted by Gasteiger charge is -2.47. The van der Waals surface area contributed by atoms with Crippen LogP contribution in [0.4, 0.5) is 0 Å². The molecule has 0 saturated carbocycles. The summed E-state index contributed by atoms with van der Waals surface area (Å²) in [5.41, 5.74) is 0. The minimum atomic E-state index is -1.81. The monoisotopic (exact) mass is 754 g/mol. The van der Waals surface area contributed by atoms with Crippen molar-refractivity contribution < 1.29 is 89.1 Å². The first-order valence-electron chi connectivity index (χ1n) is 15.0. The second-order valence-corrected chi connectivity index (χ2v) is 14.4. The van der Waals surface area contributed by atoms with E-state index in [1.165, 1.54) is 18.7 Å². The Hall–Kier alpha value is -1.02. The van der Waals surface area contributed by atoms with E-state index in [0.29, 0.717) is 0 Å². The van der Waals surface area contributed by atoms with Gasteiger partial charge in [0, 0.05) is 34.5 Å². The molecule has 2 heterocycles. The molecule has 0 bridgehead atoms. The molecular formula is C27H46O18S3. The molecule has 0 radical (unpaired) electrons. The smallest absolute Gasteiger partial charge is 0.304 e. The molecule has 2 saturated heterocycles. The predicted octanol–water partition coefficient (Wildman–Crippen LogP) is -2.65. The van der Waals surface area contributed by atoms with E-state index in [0.717, 1.165) is 23.5 Å². The lowest BCUT2D eigenvalue weighted by Crippen LogP contribution is -2.64. The van der Waals surface area contributed by atoms with Crippen molar-refractivity contribution >= 4 is 53.2 Å². The van der Waals surface area contributed by atoms with Crippen LogP contribution in [0.5, 0.6) is 0 Å². The van der Waals surface area contributed by atoms with E-state index in [4.69, 9.17) is 39.0 Å². The third kappa shape index (κ3) is 14.7. The molecule has 18 nitrogen and oxygen atoms in total. The summed E-state index contributed by atoms with van der Waals surface area (Å²) in [6.45, 7) is 1.03. The number of carboxylic acid groups (broad SMARTS) is 3. The number of carboxylic acids is 3. The molecule has 2 fully saturated rings. The SMILES string of the molecule is C[C@H](O[C@H]1OC(CSCCC(=O)O)[C@@H](O[C@H]2OC(CSCCC(=O)O)[C@@H](O)C(O)[C@@H]2O)[C@H](O)C1O)C(CSCCC(=O)O)OCC(O)O. The Kier molecular flexibility index (Phi) is 19.8. The fourth-order valence-electron chi connectivity index (χ4n) is 4.55. The first-order valence-corrected chi connectivity index (χ1v) is 18.5. The third-order valence-corrected chi connectivity index (χ3v) is 10.3. The number of hydrogen-bond donors (Lipinski definition) is 10. The summed E-state index contributed by atoms with van der Waals surface area (Å²) in [4.78, 5) is 32.7. The average molecular weight is 755 g/mol. The highest BCUT2D eigenvalue weighted by Crippen LogP contribution is 2.32. The molecule has 280 valence electrons. The van der Waals surface area contributed by atoms with Crippen LogP contribution in [0.25, 0.3) is 0 Å². The fraction of sp³-hybridized carbons (Fsp3) is 0.889. The Morgan fingerprint density at radius 3 is 1.73 bits per heavy atom. The number of rotatable bonds is 23. The first-order chi connectivity index (χ1) is 22.6. The van der Waals surface area contributed by atoms with Gasteiger partial charge >= 0.3 is 17.9 Å². The summed E-state index contributed by atoms with van der Waals surface area (Å²) < 4.78 is 28.9. The van der Waals surface area contributed by atoms with Crippen LogP contribution >= 0.6 is 35.3 Å². The largest absolute Gasteiger partial charge is 0.481 e. The van der Waals surface area contributed by atoms with Crippen LogP contribution in [0.15, 0.2) is 0 Å². The summed E-state index contributed by atoms with van der Waals surface area (Å²) in [6, 6.07) is 0. The fourth-order valence-corrected chi connectivity index (χ4v) is 7.61. The topological polar surface area (TPSA) is 300 Å². The number of ether oxygens (including phenoxy) is 5. The van der Waals surface area contributed by atoms with Crippen LogP contribution in [0.1, 0.15) is 26.2 Å². The quantitative estimate of drug-likeness (QED) is 0.0376. The lowest BCUT2D eigenvalue weighted by molar-refractivity contribution is -0.356. The Balaban J connectivity index is 2.19. The molecule has 0 spiro atoms. The summed E-state index contributed by atoms with van der Waals surface area (Å²) in [5.74, 6) is -2.36. The number of hydrogen-bond acceptors (Lipinski definition) is 18. The van der Waals surface area contributed by atoms with E-state index >= 15 is 0 Å². The Morgan fingerprint density at radius 1 is 0.688 bits per heavy atom. The molecule has 2 aliphatic heterocycles. The van der Waals surface area contributed by atoms with Gasteiger partial charge in [-0.05, 0) is 6.92 Å². The van der Waals surface area contributed by atoms with E-state index < -0.39 is 104 Å². The highest BCUT2D eigenvalue weighted by molar-refractivity contribution is 7.99. The number of thioether (sulfide) groups is 3. The summed E-state index contributed by atoms with van der Waals surface area (Å²) in [6.07, 6.45) is -19.5. The van der Waals surface area contributed by atoms with E-state index in [1.807, 2.05) is 0 Å². The molecule has 2 rings (SSSR count). The Bertz CT molecular complexity index is 980. The van der Waals surface area contributed by atoms with Crippen LogP contribution in [-0.2, 0) is 38.1 Å². The maximum atomic E-state index is 11.2. The van der Waals surface area contributed by atoms with E-state index in [9.17, 15) is 50.1 Å².